The van der Waals surface area contributed by atoms with Crippen molar-refractivity contribution in [3.8, 4) is 0 Å². The van der Waals surface area contributed by atoms with E-state index in [2.05, 4.69) is 27.7 Å². The SMILES string of the molecule is C[C@H](CCC=O)C1CCC2[C@@H]3C[C@H](C)[C@@H]4CCCC[C@]4(C)[C@H]3CC[C@]12C. The predicted octanol–water partition coefficient (Wildman–Crippen LogP) is 6.90. The van der Waals surface area contributed by atoms with Crippen molar-refractivity contribution in [2.45, 2.75) is 98.3 Å². The fourth-order valence-corrected chi connectivity index (χ4v) is 9.32. The Balaban J connectivity index is 1.57. The molecule has 0 aliphatic heterocycles. The van der Waals surface area contributed by atoms with Crippen LogP contribution in [0.4, 0.5) is 0 Å². The molecule has 0 spiro atoms. The molecule has 0 N–H and O–H groups in total. The number of aldehydes is 1. The largest absolute Gasteiger partial charge is 0.303 e. The highest BCUT2D eigenvalue weighted by atomic mass is 16.1. The Morgan fingerprint density at radius 2 is 1.73 bits per heavy atom. The van der Waals surface area contributed by atoms with Gasteiger partial charge in [0.05, 0.1) is 0 Å². The van der Waals surface area contributed by atoms with Crippen LogP contribution in [0.5, 0.6) is 0 Å². The minimum absolute atomic E-state index is 0.557. The van der Waals surface area contributed by atoms with E-state index in [-0.39, 0.29) is 0 Å². The molecule has 0 bridgehead atoms. The molecule has 4 fully saturated rings. The molecular formula is C25H42O. The number of carbonyl (C=O) groups is 1. The molecule has 148 valence electrons. The van der Waals surface area contributed by atoms with Gasteiger partial charge in [-0.1, -0.05) is 40.5 Å². The molecule has 1 nitrogen and oxygen atoms in total. The van der Waals surface area contributed by atoms with Gasteiger partial charge < -0.3 is 4.79 Å². The number of hydrogen-bond donors (Lipinski definition) is 0. The van der Waals surface area contributed by atoms with Crippen LogP contribution in [-0.2, 0) is 4.79 Å². The van der Waals surface area contributed by atoms with Crippen molar-refractivity contribution in [1.82, 2.24) is 0 Å². The van der Waals surface area contributed by atoms with Gasteiger partial charge in [-0.25, -0.2) is 0 Å². The van der Waals surface area contributed by atoms with Crippen LogP contribution in [0.2, 0.25) is 0 Å². The van der Waals surface area contributed by atoms with Gasteiger partial charge in [-0.15, -0.1) is 0 Å². The third-order valence-electron chi connectivity index (χ3n) is 10.4. The molecule has 4 aliphatic carbocycles. The van der Waals surface area contributed by atoms with E-state index in [1.165, 1.54) is 57.8 Å². The Bertz CT molecular complexity index is 526. The maximum Gasteiger partial charge on any atom is 0.120 e. The van der Waals surface area contributed by atoms with Crippen LogP contribution in [0.3, 0.4) is 0 Å². The van der Waals surface area contributed by atoms with Crippen LogP contribution >= 0.6 is 0 Å². The summed E-state index contributed by atoms with van der Waals surface area (Å²) in [6.07, 6.45) is 16.4. The number of fused-ring (bicyclic) bond motifs is 5. The van der Waals surface area contributed by atoms with Crippen LogP contribution in [0.15, 0.2) is 0 Å². The van der Waals surface area contributed by atoms with Gasteiger partial charge in [0.2, 0.25) is 0 Å². The van der Waals surface area contributed by atoms with Gasteiger partial charge in [0.1, 0.15) is 6.29 Å². The van der Waals surface area contributed by atoms with Gasteiger partial charge >= 0.3 is 0 Å². The monoisotopic (exact) mass is 358 g/mol. The first kappa shape index (κ1) is 19.0. The normalized spacial score (nSPS) is 51.8. The quantitative estimate of drug-likeness (QED) is 0.500. The smallest absolute Gasteiger partial charge is 0.120 e. The van der Waals surface area contributed by atoms with E-state index in [0.717, 1.165) is 60.6 Å². The van der Waals surface area contributed by atoms with Gasteiger partial charge in [-0.3, -0.25) is 0 Å². The molecule has 26 heavy (non-hydrogen) atoms. The lowest BCUT2D eigenvalue weighted by Crippen LogP contribution is -2.55. The lowest BCUT2D eigenvalue weighted by atomic mass is 9.43. The van der Waals surface area contributed by atoms with Crippen LogP contribution < -0.4 is 0 Å². The highest BCUT2D eigenvalue weighted by Gasteiger charge is 2.61. The first-order valence-corrected chi connectivity index (χ1v) is 11.9. The molecule has 4 saturated carbocycles. The Morgan fingerprint density at radius 3 is 2.50 bits per heavy atom. The second-order valence-electron chi connectivity index (χ2n) is 11.4. The molecule has 0 radical (unpaired) electrons. The number of carbonyl (C=O) groups excluding carboxylic acids is 1. The summed E-state index contributed by atoms with van der Waals surface area (Å²) >= 11 is 0. The van der Waals surface area contributed by atoms with E-state index in [1.807, 2.05) is 0 Å². The Hall–Kier alpha value is -0.330. The molecule has 0 heterocycles. The standard InChI is InChI=1S/C25H42O/c1-17(8-7-15-26)21-10-11-22-19-16-18(2)20-9-5-6-13-24(20,3)23(19)12-14-25(21,22)4/h15,17-23H,5-14,16H2,1-4H3/t17-,18+,19+,20+,21?,22?,23+,24+,25-/m1/s1. The molecule has 1 heteroatoms. The summed E-state index contributed by atoms with van der Waals surface area (Å²) in [5.74, 6) is 6.50. The molecule has 0 saturated heterocycles. The Kier molecular flexibility index (Phi) is 5.06. The fraction of sp³-hybridized carbons (Fsp3) is 0.960. The van der Waals surface area contributed by atoms with Crippen LogP contribution in [-0.4, -0.2) is 6.29 Å². The van der Waals surface area contributed by atoms with Crippen molar-refractivity contribution >= 4 is 6.29 Å². The maximum absolute atomic E-state index is 10.9. The fourth-order valence-electron chi connectivity index (χ4n) is 9.32. The van der Waals surface area contributed by atoms with E-state index in [1.54, 1.807) is 0 Å². The number of hydrogen-bond acceptors (Lipinski definition) is 1. The zero-order valence-electron chi connectivity index (χ0n) is 17.8. The van der Waals surface area contributed by atoms with Gasteiger partial charge in [-0.05, 0) is 104 Å². The third kappa shape index (κ3) is 2.74. The molecule has 0 aromatic carbocycles. The average Bonchev–Trinajstić information content (AvgIpc) is 2.97. The first-order valence-electron chi connectivity index (χ1n) is 11.9. The highest BCUT2D eigenvalue weighted by molar-refractivity contribution is 5.49. The molecule has 4 rings (SSSR count). The summed E-state index contributed by atoms with van der Waals surface area (Å²) in [5, 5.41) is 0. The van der Waals surface area contributed by atoms with Crippen molar-refractivity contribution in [2.24, 2.45) is 52.3 Å². The van der Waals surface area contributed by atoms with E-state index < -0.39 is 0 Å². The van der Waals surface area contributed by atoms with Crippen molar-refractivity contribution < 1.29 is 4.79 Å². The van der Waals surface area contributed by atoms with Crippen LogP contribution in [0, 0.1) is 52.3 Å². The van der Waals surface area contributed by atoms with Gasteiger partial charge in [0.25, 0.3) is 0 Å². The predicted molar refractivity (Wildman–Crippen MR) is 109 cm³/mol. The molecule has 0 aromatic rings. The van der Waals surface area contributed by atoms with Crippen molar-refractivity contribution in [3.05, 3.63) is 0 Å². The summed E-state index contributed by atoms with van der Waals surface area (Å²) in [6, 6.07) is 0. The summed E-state index contributed by atoms with van der Waals surface area (Å²) in [6.45, 7) is 10.4. The number of rotatable bonds is 4. The molecule has 0 amide bonds. The summed E-state index contributed by atoms with van der Waals surface area (Å²) in [4.78, 5) is 10.9. The van der Waals surface area contributed by atoms with Crippen LogP contribution in [0.1, 0.15) is 98.3 Å². The van der Waals surface area contributed by atoms with Crippen molar-refractivity contribution in [3.63, 3.8) is 0 Å². The lowest BCUT2D eigenvalue weighted by Gasteiger charge is -2.62. The van der Waals surface area contributed by atoms with E-state index in [4.69, 9.17) is 0 Å². The minimum Gasteiger partial charge on any atom is -0.303 e. The second kappa shape index (κ2) is 6.93. The van der Waals surface area contributed by atoms with Crippen LogP contribution in [0.25, 0.3) is 0 Å². The van der Waals surface area contributed by atoms with Crippen molar-refractivity contribution in [1.29, 1.82) is 0 Å². The molecule has 0 aromatic heterocycles. The van der Waals surface area contributed by atoms with Gasteiger partial charge in [0, 0.05) is 6.42 Å². The molecule has 9 atom stereocenters. The Morgan fingerprint density at radius 1 is 0.962 bits per heavy atom. The molecular weight excluding hydrogens is 316 g/mol. The Labute approximate surface area is 162 Å². The molecule has 4 aliphatic rings. The van der Waals surface area contributed by atoms with E-state index >= 15 is 0 Å². The highest BCUT2D eigenvalue weighted by Crippen LogP contribution is 2.69. The van der Waals surface area contributed by atoms with Crippen molar-refractivity contribution in [2.75, 3.05) is 0 Å². The van der Waals surface area contributed by atoms with E-state index in [0.29, 0.717) is 10.8 Å². The zero-order chi connectivity index (χ0) is 18.5. The van der Waals surface area contributed by atoms with Gasteiger partial charge in [-0.2, -0.15) is 0 Å². The summed E-state index contributed by atoms with van der Waals surface area (Å²) in [7, 11) is 0. The van der Waals surface area contributed by atoms with E-state index in [9.17, 15) is 4.79 Å². The second-order valence-corrected chi connectivity index (χ2v) is 11.4. The minimum atomic E-state index is 0.557. The topological polar surface area (TPSA) is 17.1 Å². The molecule has 2 unspecified atom stereocenters. The summed E-state index contributed by atoms with van der Waals surface area (Å²) in [5.41, 5.74) is 1.20. The first-order chi connectivity index (χ1) is 12.4. The average molecular weight is 359 g/mol. The maximum atomic E-state index is 10.9. The third-order valence-corrected chi connectivity index (χ3v) is 10.4. The van der Waals surface area contributed by atoms with Gasteiger partial charge in [0.15, 0.2) is 0 Å². The lowest BCUT2D eigenvalue weighted by molar-refractivity contribution is -0.134. The zero-order valence-corrected chi connectivity index (χ0v) is 17.8. The summed E-state index contributed by atoms with van der Waals surface area (Å²) < 4.78 is 0.